The largest absolute Gasteiger partial charge is 0.497 e. The average molecular weight is 501 g/mol. The summed E-state index contributed by atoms with van der Waals surface area (Å²) in [6.45, 7) is 0. The van der Waals surface area contributed by atoms with Crippen LogP contribution < -0.4 is 40.2 Å². The minimum atomic E-state index is -1.04. The Balaban J connectivity index is 2.36. The van der Waals surface area contributed by atoms with Gasteiger partial charge in [0.25, 0.3) is 0 Å². The molecular weight excluding hydrogens is 466 g/mol. The fourth-order valence-corrected chi connectivity index (χ4v) is 9.10. The normalized spacial score (nSPS) is 11.4. The predicted molar refractivity (Wildman–Crippen MR) is 145 cm³/mol. The van der Waals surface area contributed by atoms with Gasteiger partial charge in [0.05, 0.1) is 36.7 Å². The molecule has 3 aromatic carbocycles. The number of methoxy groups -OCH3 is 4. The Morgan fingerprint density at radius 2 is 0.971 bits per heavy atom. The highest BCUT2D eigenvalue weighted by Gasteiger charge is 2.30. The van der Waals surface area contributed by atoms with Gasteiger partial charge in [-0.05, 0) is 65.7 Å². The maximum absolute atomic E-state index is 5.88. The van der Waals surface area contributed by atoms with Crippen LogP contribution in [0.5, 0.6) is 23.0 Å². The van der Waals surface area contributed by atoms with Gasteiger partial charge >= 0.3 is 0 Å². The number of benzene rings is 3. The van der Waals surface area contributed by atoms with Crippen molar-refractivity contribution in [3.05, 3.63) is 60.7 Å². The van der Waals surface area contributed by atoms with Gasteiger partial charge in [-0.2, -0.15) is 0 Å². The van der Waals surface area contributed by atoms with E-state index in [1.807, 2.05) is 24.3 Å². The maximum atomic E-state index is 5.88. The molecule has 0 unspecified atom stereocenters. The predicted octanol–water partition coefficient (Wildman–Crippen LogP) is 3.54. The molecule has 3 rings (SSSR count). The van der Waals surface area contributed by atoms with Crippen molar-refractivity contribution in [3.8, 4) is 23.0 Å². The summed E-state index contributed by atoms with van der Waals surface area (Å²) in [6.07, 6.45) is 0. The van der Waals surface area contributed by atoms with Crippen molar-refractivity contribution < 1.29 is 18.9 Å². The van der Waals surface area contributed by atoms with Crippen molar-refractivity contribution in [2.24, 2.45) is 0 Å². The fraction of sp³-hybridized carbons (Fsp3) is 0.308. The second kappa shape index (κ2) is 11.9. The van der Waals surface area contributed by atoms with E-state index in [-0.39, 0.29) is 0 Å². The Morgan fingerprint density at radius 1 is 0.529 bits per heavy atom. The van der Waals surface area contributed by atoms with Crippen molar-refractivity contribution in [1.29, 1.82) is 0 Å². The van der Waals surface area contributed by atoms with E-state index >= 15 is 0 Å². The van der Waals surface area contributed by atoms with E-state index in [9.17, 15) is 0 Å². The zero-order valence-corrected chi connectivity index (χ0v) is 23.0. The molecule has 0 N–H and O–H groups in total. The van der Waals surface area contributed by atoms with Crippen LogP contribution in [0.15, 0.2) is 60.7 Å². The molecule has 0 saturated carbocycles. The van der Waals surface area contributed by atoms with Gasteiger partial charge in [-0.25, -0.2) is 0 Å². The minimum absolute atomic E-state index is 0.702. The lowest BCUT2D eigenvalue weighted by Gasteiger charge is -2.34. The van der Waals surface area contributed by atoms with E-state index in [4.69, 9.17) is 18.9 Å². The first-order valence-electron chi connectivity index (χ1n) is 10.8. The van der Waals surface area contributed by atoms with E-state index in [1.165, 1.54) is 10.6 Å². The van der Waals surface area contributed by atoms with E-state index in [2.05, 4.69) is 73.9 Å². The molecule has 0 aromatic heterocycles. The second-order valence-corrected chi connectivity index (χ2v) is 12.7. The topological polar surface area (TPSA) is 43.4 Å². The summed E-state index contributed by atoms with van der Waals surface area (Å²) in [5.74, 6) is 3.10. The molecule has 0 radical (unpaired) electrons. The summed E-state index contributed by atoms with van der Waals surface area (Å²) in [5, 5.41) is 4.76. The number of nitrogens with zero attached hydrogens (tertiary/aromatic N) is 2. The molecule has 0 fully saturated rings. The second-order valence-electron chi connectivity index (χ2n) is 7.88. The summed E-state index contributed by atoms with van der Waals surface area (Å²) >= 11 is 0. The highest BCUT2D eigenvalue weighted by Crippen LogP contribution is 2.45. The number of ether oxygens (including phenoxy) is 4. The highest BCUT2D eigenvalue weighted by atomic mass is 31.1. The van der Waals surface area contributed by atoms with Gasteiger partial charge < -0.3 is 18.9 Å². The molecule has 0 bridgehead atoms. The van der Waals surface area contributed by atoms with E-state index in [0.717, 1.165) is 33.6 Å². The number of rotatable bonds is 10. The van der Waals surface area contributed by atoms with Crippen molar-refractivity contribution in [2.75, 3.05) is 56.6 Å². The van der Waals surface area contributed by atoms with Gasteiger partial charge in [-0.1, -0.05) is 24.3 Å². The van der Waals surface area contributed by atoms with E-state index in [0.29, 0.717) is 0 Å². The molecule has 8 heteroatoms. The zero-order valence-electron chi connectivity index (χ0n) is 21.2. The van der Waals surface area contributed by atoms with Crippen LogP contribution in [0.3, 0.4) is 0 Å². The first kappa shape index (κ1) is 26.2. The summed E-state index contributed by atoms with van der Waals surface area (Å²) in [7, 11) is 13.5. The SMILES string of the molecule is COc1ccc(P(c2ccc(OC)cc2OC)c2ccccc2P(N(C)C)N(C)C)c(OC)c1. The number of hydrogen-bond donors (Lipinski definition) is 0. The summed E-state index contributed by atoms with van der Waals surface area (Å²) in [5.41, 5.74) is 0. The molecule has 0 spiro atoms. The molecule has 0 atom stereocenters. The lowest BCUT2D eigenvalue weighted by molar-refractivity contribution is 0.396. The highest BCUT2D eigenvalue weighted by molar-refractivity contribution is 7.82. The number of hydrogen-bond acceptors (Lipinski definition) is 6. The van der Waals surface area contributed by atoms with Crippen LogP contribution in [-0.4, -0.2) is 66.0 Å². The monoisotopic (exact) mass is 500 g/mol. The summed E-state index contributed by atoms with van der Waals surface area (Å²) < 4.78 is 27.3. The fourth-order valence-electron chi connectivity index (χ4n) is 3.94. The van der Waals surface area contributed by atoms with Crippen LogP contribution in [-0.2, 0) is 0 Å². The lowest BCUT2D eigenvalue weighted by atomic mass is 10.3. The molecule has 182 valence electrons. The molecular formula is C26H34N2O4P2. The quantitative estimate of drug-likeness (QED) is 0.397. The molecule has 3 aromatic rings. The Morgan fingerprint density at radius 3 is 1.35 bits per heavy atom. The standard InChI is InChI=1S/C26H34N2O4P2/c1-27(2)34(28(3)4)26-12-10-9-11-25(26)33(23-15-13-19(29-5)17-21(23)31-7)24-16-14-20(30-6)18-22(24)32-8/h9-18H,1-8H3. The molecule has 0 aliphatic carbocycles. The first-order valence-corrected chi connectivity index (χ1v) is 13.4. The van der Waals surface area contributed by atoms with Gasteiger partial charge in [0.1, 0.15) is 23.0 Å². The van der Waals surface area contributed by atoms with Crippen LogP contribution in [0.25, 0.3) is 0 Å². The Bertz CT molecular complexity index is 1040. The van der Waals surface area contributed by atoms with Gasteiger partial charge in [-0.15, -0.1) is 0 Å². The van der Waals surface area contributed by atoms with Gasteiger partial charge in [-0.3, -0.25) is 9.34 Å². The summed E-state index contributed by atoms with van der Waals surface area (Å²) in [4.78, 5) is 0. The molecule has 0 aliphatic rings. The Labute approximate surface area is 206 Å². The maximum Gasteiger partial charge on any atom is 0.130 e. The van der Waals surface area contributed by atoms with Crippen LogP contribution in [0.1, 0.15) is 0 Å². The zero-order chi connectivity index (χ0) is 24.8. The van der Waals surface area contributed by atoms with Gasteiger partial charge in [0, 0.05) is 28.0 Å². The summed E-state index contributed by atoms with van der Waals surface area (Å²) in [6, 6.07) is 20.8. The molecule has 0 heterocycles. The smallest absolute Gasteiger partial charge is 0.130 e. The van der Waals surface area contributed by atoms with Crippen LogP contribution in [0, 0.1) is 0 Å². The van der Waals surface area contributed by atoms with Gasteiger partial charge in [0.15, 0.2) is 0 Å². The minimum Gasteiger partial charge on any atom is -0.497 e. The molecule has 6 nitrogen and oxygen atoms in total. The third kappa shape index (κ3) is 5.47. The molecule has 0 saturated heterocycles. The van der Waals surface area contributed by atoms with Crippen molar-refractivity contribution in [2.45, 2.75) is 0 Å². The van der Waals surface area contributed by atoms with Crippen molar-refractivity contribution >= 4 is 37.4 Å². The van der Waals surface area contributed by atoms with Crippen molar-refractivity contribution in [3.63, 3.8) is 0 Å². The molecule has 0 amide bonds. The van der Waals surface area contributed by atoms with Crippen molar-refractivity contribution in [1.82, 2.24) is 9.34 Å². The van der Waals surface area contributed by atoms with Crippen LogP contribution >= 0.6 is 16.1 Å². The van der Waals surface area contributed by atoms with Crippen LogP contribution in [0.2, 0.25) is 0 Å². The Kier molecular flexibility index (Phi) is 9.16. The Hall–Kier alpha value is -2.36. The first-order chi connectivity index (χ1) is 16.4. The third-order valence-electron chi connectivity index (χ3n) is 5.35. The van der Waals surface area contributed by atoms with E-state index in [1.54, 1.807) is 28.4 Å². The average Bonchev–Trinajstić information content (AvgIpc) is 2.84. The molecule has 34 heavy (non-hydrogen) atoms. The third-order valence-corrected chi connectivity index (χ3v) is 10.4. The van der Waals surface area contributed by atoms with Gasteiger partial charge in [0.2, 0.25) is 0 Å². The molecule has 0 aliphatic heterocycles. The van der Waals surface area contributed by atoms with E-state index < -0.39 is 16.1 Å². The lowest BCUT2D eigenvalue weighted by Crippen LogP contribution is -2.36. The van der Waals surface area contributed by atoms with Crippen LogP contribution in [0.4, 0.5) is 0 Å².